The summed E-state index contributed by atoms with van der Waals surface area (Å²) in [4.78, 5) is 0.101. The minimum Gasteiger partial charge on any atom is -0.493 e. The molecule has 2 aromatic rings. The minimum absolute atomic E-state index is 0.101. The summed E-state index contributed by atoms with van der Waals surface area (Å²) in [6.07, 6.45) is 0.284. The third-order valence-corrected chi connectivity index (χ3v) is 5.38. The molecule has 0 N–H and O–H groups in total. The van der Waals surface area contributed by atoms with E-state index in [1.54, 1.807) is 30.3 Å². The number of hydrogen-bond donors (Lipinski definition) is 0. The summed E-state index contributed by atoms with van der Waals surface area (Å²) in [7, 11) is 0.673. The lowest BCUT2D eigenvalue weighted by molar-refractivity contribution is 0.354. The van der Waals surface area contributed by atoms with E-state index in [0.717, 1.165) is 5.56 Å². The zero-order valence-electron chi connectivity index (χ0n) is 13.7. The summed E-state index contributed by atoms with van der Waals surface area (Å²) >= 11 is 0. The van der Waals surface area contributed by atoms with E-state index in [4.69, 9.17) is 14.7 Å². The normalized spacial score (nSPS) is 10.8. The minimum atomic E-state index is -3.74. The van der Waals surface area contributed by atoms with Crippen molar-refractivity contribution in [1.29, 1.82) is 5.26 Å². The number of sulfonamides is 1. The maximum absolute atomic E-state index is 12.8. The molecule has 0 saturated heterocycles. The Morgan fingerprint density at radius 2 is 1.67 bits per heavy atom. The molecule has 2 rings (SSSR count). The Morgan fingerprint density at radius 3 is 2.21 bits per heavy atom. The number of nitrogens with zero attached hydrogens (tertiary/aromatic N) is 2. The second-order valence-electron chi connectivity index (χ2n) is 4.99. The fourth-order valence-electron chi connectivity index (χ4n) is 2.19. The van der Waals surface area contributed by atoms with E-state index in [1.807, 2.05) is 0 Å². The van der Waals surface area contributed by atoms with E-state index in [1.165, 1.54) is 37.7 Å². The summed E-state index contributed by atoms with van der Waals surface area (Å²) in [6.45, 7) is 0. The standard InChI is InChI=1S/C17H18N2O4S/c1-19(14-6-4-13(5-7-14)10-11-18)24(20,21)15-8-9-16(22-2)17(12-15)23-3/h4-9,12H,10H2,1-3H3. The first-order chi connectivity index (χ1) is 11.4. The van der Waals surface area contributed by atoms with Gasteiger partial charge in [0.05, 0.1) is 37.3 Å². The van der Waals surface area contributed by atoms with Gasteiger partial charge in [0, 0.05) is 13.1 Å². The average molecular weight is 346 g/mol. The van der Waals surface area contributed by atoms with E-state index < -0.39 is 10.0 Å². The zero-order valence-corrected chi connectivity index (χ0v) is 14.5. The first-order valence-electron chi connectivity index (χ1n) is 7.11. The predicted octanol–water partition coefficient (Wildman–Crippen LogP) is 2.59. The molecule has 0 unspecified atom stereocenters. The van der Waals surface area contributed by atoms with Gasteiger partial charge in [-0.2, -0.15) is 5.26 Å². The van der Waals surface area contributed by atoms with Crippen molar-refractivity contribution in [2.75, 3.05) is 25.6 Å². The molecule has 0 saturated carbocycles. The first kappa shape index (κ1) is 17.6. The predicted molar refractivity (Wildman–Crippen MR) is 90.9 cm³/mol. The van der Waals surface area contributed by atoms with Crippen molar-refractivity contribution < 1.29 is 17.9 Å². The van der Waals surface area contributed by atoms with Gasteiger partial charge in [-0.05, 0) is 29.8 Å². The molecular formula is C17H18N2O4S. The molecule has 0 bridgehead atoms. The van der Waals surface area contributed by atoms with Crippen LogP contribution < -0.4 is 13.8 Å². The Hall–Kier alpha value is -2.72. The van der Waals surface area contributed by atoms with Crippen molar-refractivity contribution >= 4 is 15.7 Å². The summed E-state index contributed by atoms with van der Waals surface area (Å²) in [5.41, 5.74) is 1.34. The molecule has 0 amide bonds. The molecule has 6 nitrogen and oxygen atoms in total. The van der Waals surface area contributed by atoms with Crippen molar-refractivity contribution in [2.45, 2.75) is 11.3 Å². The van der Waals surface area contributed by atoms with Crippen LogP contribution in [-0.4, -0.2) is 29.7 Å². The largest absolute Gasteiger partial charge is 0.493 e. The van der Waals surface area contributed by atoms with Gasteiger partial charge >= 0.3 is 0 Å². The maximum Gasteiger partial charge on any atom is 0.264 e. The van der Waals surface area contributed by atoms with Crippen LogP contribution in [0, 0.1) is 11.3 Å². The highest BCUT2D eigenvalue weighted by atomic mass is 32.2. The SMILES string of the molecule is COc1ccc(S(=O)(=O)N(C)c2ccc(CC#N)cc2)cc1OC. The van der Waals surface area contributed by atoms with Gasteiger partial charge in [-0.1, -0.05) is 12.1 Å². The van der Waals surface area contributed by atoms with E-state index in [0.29, 0.717) is 17.2 Å². The van der Waals surface area contributed by atoms with Crippen LogP contribution in [0.1, 0.15) is 5.56 Å². The van der Waals surface area contributed by atoms with Gasteiger partial charge in [0.1, 0.15) is 0 Å². The van der Waals surface area contributed by atoms with Gasteiger partial charge < -0.3 is 9.47 Å². The van der Waals surface area contributed by atoms with Crippen LogP contribution in [0.25, 0.3) is 0 Å². The van der Waals surface area contributed by atoms with Crippen molar-refractivity contribution in [3.8, 4) is 17.6 Å². The fraction of sp³-hybridized carbons (Fsp3) is 0.235. The Labute approximate surface area is 141 Å². The van der Waals surface area contributed by atoms with Gasteiger partial charge in [-0.3, -0.25) is 4.31 Å². The van der Waals surface area contributed by atoms with Crippen molar-refractivity contribution in [2.24, 2.45) is 0 Å². The first-order valence-corrected chi connectivity index (χ1v) is 8.55. The Bertz CT molecular complexity index is 855. The lowest BCUT2D eigenvalue weighted by Gasteiger charge is -2.20. The van der Waals surface area contributed by atoms with Crippen LogP contribution >= 0.6 is 0 Å². The second-order valence-corrected chi connectivity index (χ2v) is 6.96. The quantitative estimate of drug-likeness (QED) is 0.803. The van der Waals surface area contributed by atoms with Crippen molar-refractivity contribution in [3.63, 3.8) is 0 Å². The molecule has 0 aliphatic heterocycles. The molecule has 0 aliphatic carbocycles. The number of methoxy groups -OCH3 is 2. The molecule has 0 fully saturated rings. The van der Waals surface area contributed by atoms with Crippen LogP contribution in [0.3, 0.4) is 0 Å². The Balaban J connectivity index is 2.37. The number of hydrogen-bond acceptors (Lipinski definition) is 5. The molecule has 2 aromatic carbocycles. The number of ether oxygens (including phenoxy) is 2. The highest BCUT2D eigenvalue weighted by Gasteiger charge is 2.23. The van der Waals surface area contributed by atoms with E-state index in [2.05, 4.69) is 6.07 Å². The molecule has 7 heteroatoms. The molecule has 0 spiro atoms. The molecule has 0 atom stereocenters. The van der Waals surface area contributed by atoms with E-state index >= 15 is 0 Å². The lowest BCUT2D eigenvalue weighted by Crippen LogP contribution is -2.26. The van der Waals surface area contributed by atoms with Crippen molar-refractivity contribution in [1.82, 2.24) is 0 Å². The monoisotopic (exact) mass is 346 g/mol. The average Bonchev–Trinajstić information content (AvgIpc) is 2.61. The van der Waals surface area contributed by atoms with Gasteiger partial charge in [0.15, 0.2) is 11.5 Å². The Morgan fingerprint density at radius 1 is 1.04 bits per heavy atom. The van der Waals surface area contributed by atoms with Crippen LogP contribution in [0.2, 0.25) is 0 Å². The van der Waals surface area contributed by atoms with Crippen LogP contribution in [0.15, 0.2) is 47.4 Å². The van der Waals surface area contributed by atoms with Crippen LogP contribution in [-0.2, 0) is 16.4 Å². The van der Waals surface area contributed by atoms with E-state index in [9.17, 15) is 8.42 Å². The smallest absolute Gasteiger partial charge is 0.264 e. The highest BCUT2D eigenvalue weighted by molar-refractivity contribution is 7.92. The highest BCUT2D eigenvalue weighted by Crippen LogP contribution is 2.31. The molecule has 126 valence electrons. The zero-order chi connectivity index (χ0) is 17.7. The molecular weight excluding hydrogens is 328 g/mol. The van der Waals surface area contributed by atoms with Gasteiger partial charge in [0.25, 0.3) is 10.0 Å². The number of rotatable bonds is 6. The van der Waals surface area contributed by atoms with Gasteiger partial charge in [-0.15, -0.1) is 0 Å². The number of benzene rings is 2. The number of nitriles is 1. The molecule has 0 heterocycles. The summed E-state index contributed by atoms with van der Waals surface area (Å²) in [5, 5.41) is 8.69. The van der Waals surface area contributed by atoms with Gasteiger partial charge in [-0.25, -0.2) is 8.42 Å². The summed E-state index contributed by atoms with van der Waals surface area (Å²) in [5.74, 6) is 0.802. The number of anilines is 1. The third kappa shape index (κ3) is 3.44. The van der Waals surface area contributed by atoms with Crippen molar-refractivity contribution in [3.05, 3.63) is 48.0 Å². The van der Waals surface area contributed by atoms with E-state index in [-0.39, 0.29) is 11.3 Å². The molecule has 24 heavy (non-hydrogen) atoms. The lowest BCUT2D eigenvalue weighted by atomic mass is 10.1. The topological polar surface area (TPSA) is 79.6 Å². The molecule has 0 aromatic heterocycles. The van der Waals surface area contributed by atoms with Crippen LogP contribution in [0.5, 0.6) is 11.5 Å². The van der Waals surface area contributed by atoms with Crippen LogP contribution in [0.4, 0.5) is 5.69 Å². The summed E-state index contributed by atoms with van der Waals surface area (Å²) < 4.78 is 37.0. The van der Waals surface area contributed by atoms with Gasteiger partial charge in [0.2, 0.25) is 0 Å². The fourth-order valence-corrected chi connectivity index (χ4v) is 3.40. The third-order valence-electron chi connectivity index (χ3n) is 3.60. The Kier molecular flexibility index (Phi) is 5.31. The maximum atomic E-state index is 12.8. The molecule has 0 radical (unpaired) electrons. The summed E-state index contributed by atoms with van der Waals surface area (Å²) in [6, 6.07) is 13.3. The molecule has 0 aliphatic rings. The second kappa shape index (κ2) is 7.23.